The number of nitrogens with two attached hydrogens (primary N) is 1. The van der Waals surface area contributed by atoms with Gasteiger partial charge in [-0.2, -0.15) is 5.10 Å². The van der Waals surface area contributed by atoms with E-state index in [-0.39, 0.29) is 6.04 Å². The molecule has 1 aliphatic rings. The van der Waals surface area contributed by atoms with E-state index in [1.165, 1.54) is 36.3 Å². The molecular weight excluding hydrogens is 266 g/mol. The van der Waals surface area contributed by atoms with Crippen molar-refractivity contribution in [3.05, 3.63) is 38.8 Å². The van der Waals surface area contributed by atoms with Crippen molar-refractivity contribution in [2.45, 2.75) is 58.5 Å². The first-order valence-electron chi connectivity index (χ1n) is 7.57. The highest BCUT2D eigenvalue weighted by atomic mass is 32.1. The summed E-state index contributed by atoms with van der Waals surface area (Å²) in [7, 11) is 0. The third kappa shape index (κ3) is 2.67. The summed E-state index contributed by atoms with van der Waals surface area (Å²) in [5.74, 6) is 0. The molecule has 2 aromatic heterocycles. The molecule has 3 nitrogen and oxygen atoms in total. The van der Waals surface area contributed by atoms with Crippen LogP contribution < -0.4 is 5.73 Å². The van der Waals surface area contributed by atoms with Gasteiger partial charge >= 0.3 is 0 Å². The first kappa shape index (κ1) is 13.8. The largest absolute Gasteiger partial charge is 0.323 e. The van der Waals surface area contributed by atoms with E-state index in [4.69, 9.17) is 5.73 Å². The second-order valence-corrected chi connectivity index (χ2v) is 6.88. The maximum atomic E-state index is 6.44. The highest BCUT2D eigenvalue weighted by Crippen LogP contribution is 2.33. The zero-order valence-electron chi connectivity index (χ0n) is 12.4. The van der Waals surface area contributed by atoms with Gasteiger partial charge in [0.05, 0.1) is 5.69 Å². The average molecular weight is 289 g/mol. The Balaban J connectivity index is 1.78. The fourth-order valence-corrected chi connectivity index (χ4v) is 4.32. The number of nitrogens with zero attached hydrogens (tertiary/aromatic N) is 2. The molecule has 3 rings (SSSR count). The Kier molecular flexibility index (Phi) is 3.94. The van der Waals surface area contributed by atoms with Gasteiger partial charge in [-0.3, -0.25) is 4.68 Å². The first-order chi connectivity index (χ1) is 9.67. The second-order valence-electron chi connectivity index (χ2n) is 5.71. The van der Waals surface area contributed by atoms with E-state index >= 15 is 0 Å². The van der Waals surface area contributed by atoms with E-state index in [9.17, 15) is 0 Å². The van der Waals surface area contributed by atoms with Crippen LogP contribution >= 0.6 is 11.3 Å². The maximum Gasteiger partial charge on any atom is 0.0596 e. The van der Waals surface area contributed by atoms with Gasteiger partial charge in [-0.15, -0.1) is 11.3 Å². The van der Waals surface area contributed by atoms with E-state index in [0.29, 0.717) is 0 Å². The fourth-order valence-electron chi connectivity index (χ4n) is 3.06. The van der Waals surface area contributed by atoms with Gasteiger partial charge < -0.3 is 5.73 Å². The molecule has 0 aromatic carbocycles. The van der Waals surface area contributed by atoms with Crippen LogP contribution in [0.3, 0.4) is 0 Å². The molecule has 0 aliphatic heterocycles. The minimum Gasteiger partial charge on any atom is -0.323 e. The summed E-state index contributed by atoms with van der Waals surface area (Å²) in [4.78, 5) is 2.92. The predicted octanol–water partition coefficient (Wildman–Crippen LogP) is 3.39. The molecule has 2 N–H and O–H groups in total. The van der Waals surface area contributed by atoms with E-state index in [2.05, 4.69) is 28.8 Å². The molecule has 1 atom stereocenters. The van der Waals surface area contributed by atoms with Crippen molar-refractivity contribution in [1.29, 1.82) is 0 Å². The lowest BCUT2D eigenvalue weighted by molar-refractivity contribution is 0.590. The number of hydrogen-bond donors (Lipinski definition) is 1. The Morgan fingerprint density at radius 3 is 2.90 bits per heavy atom. The first-order valence-corrected chi connectivity index (χ1v) is 8.39. The number of rotatable bonds is 4. The van der Waals surface area contributed by atoms with Crippen molar-refractivity contribution in [2.24, 2.45) is 5.73 Å². The third-order valence-corrected chi connectivity index (χ3v) is 5.46. The fraction of sp³-hybridized carbons (Fsp3) is 0.562. The summed E-state index contributed by atoms with van der Waals surface area (Å²) in [6.45, 7) is 5.09. The molecule has 1 aliphatic carbocycles. The second kappa shape index (κ2) is 5.70. The normalized spacial score (nSPS) is 16.1. The lowest BCUT2D eigenvalue weighted by Crippen LogP contribution is -2.15. The molecule has 108 valence electrons. The zero-order chi connectivity index (χ0) is 14.1. The zero-order valence-corrected chi connectivity index (χ0v) is 13.2. The Morgan fingerprint density at radius 2 is 2.15 bits per heavy atom. The van der Waals surface area contributed by atoms with Crippen molar-refractivity contribution < 1.29 is 0 Å². The number of aromatic nitrogens is 2. The Bertz CT molecular complexity index is 573. The lowest BCUT2D eigenvalue weighted by Gasteiger charge is -2.10. The van der Waals surface area contributed by atoms with Crippen LogP contribution in [0, 0.1) is 6.92 Å². The van der Waals surface area contributed by atoms with Crippen LogP contribution in [-0.4, -0.2) is 9.78 Å². The molecule has 0 saturated heterocycles. The van der Waals surface area contributed by atoms with E-state index in [1.807, 2.05) is 18.3 Å². The summed E-state index contributed by atoms with van der Waals surface area (Å²) < 4.78 is 2.07. The summed E-state index contributed by atoms with van der Waals surface area (Å²) in [5.41, 5.74) is 10.3. The molecule has 2 heterocycles. The van der Waals surface area contributed by atoms with Crippen LogP contribution in [0.1, 0.15) is 52.5 Å². The molecule has 1 unspecified atom stereocenters. The number of thiophene rings is 1. The van der Waals surface area contributed by atoms with Crippen molar-refractivity contribution >= 4 is 11.3 Å². The summed E-state index contributed by atoms with van der Waals surface area (Å²) in [6.07, 6.45) is 6.04. The van der Waals surface area contributed by atoms with Gasteiger partial charge in [0.2, 0.25) is 0 Å². The van der Waals surface area contributed by atoms with Crippen molar-refractivity contribution in [1.82, 2.24) is 9.78 Å². The molecule has 20 heavy (non-hydrogen) atoms. The summed E-state index contributed by atoms with van der Waals surface area (Å²) in [5, 5.41) is 4.51. The topological polar surface area (TPSA) is 43.8 Å². The highest BCUT2D eigenvalue weighted by Gasteiger charge is 2.18. The van der Waals surface area contributed by atoms with Crippen molar-refractivity contribution in [3.63, 3.8) is 0 Å². The molecule has 0 bridgehead atoms. The molecule has 2 aromatic rings. The van der Waals surface area contributed by atoms with Crippen LogP contribution in [0.15, 0.2) is 12.1 Å². The predicted molar refractivity (Wildman–Crippen MR) is 84.2 cm³/mol. The van der Waals surface area contributed by atoms with Crippen LogP contribution in [-0.2, 0) is 25.8 Å². The summed E-state index contributed by atoms with van der Waals surface area (Å²) in [6, 6.07) is 4.62. The average Bonchev–Trinajstić information content (AvgIpc) is 3.01. The smallest absolute Gasteiger partial charge is 0.0596 e. The number of fused-ring (bicyclic) bond motifs is 1. The van der Waals surface area contributed by atoms with Gasteiger partial charge in [-0.25, -0.2) is 0 Å². The highest BCUT2D eigenvalue weighted by molar-refractivity contribution is 7.12. The molecule has 0 saturated carbocycles. The molecule has 4 heteroatoms. The van der Waals surface area contributed by atoms with Gasteiger partial charge in [-0.05, 0) is 57.2 Å². The van der Waals surface area contributed by atoms with Crippen LogP contribution in [0.4, 0.5) is 0 Å². The number of hydrogen-bond acceptors (Lipinski definition) is 3. The minimum absolute atomic E-state index is 0.104. The van der Waals surface area contributed by atoms with Gasteiger partial charge in [0.1, 0.15) is 0 Å². The van der Waals surface area contributed by atoms with Crippen LogP contribution in [0.25, 0.3) is 0 Å². The Labute approximate surface area is 124 Å². The number of aryl methyl sites for hydroxylation is 4. The van der Waals surface area contributed by atoms with Gasteiger partial charge in [0.25, 0.3) is 0 Å². The van der Waals surface area contributed by atoms with Crippen molar-refractivity contribution in [3.8, 4) is 0 Å². The van der Waals surface area contributed by atoms with Gasteiger partial charge in [0, 0.05) is 34.5 Å². The third-order valence-electron chi connectivity index (χ3n) is 4.10. The van der Waals surface area contributed by atoms with Crippen LogP contribution in [0.5, 0.6) is 0 Å². The standard InChI is InChI=1S/C16H23N3S/c1-3-19-13(8-11(2)18-19)10-14(17)16-9-12-6-4-5-7-15(12)20-16/h8-9,14H,3-7,10,17H2,1-2H3. The Hall–Kier alpha value is -1.13. The lowest BCUT2D eigenvalue weighted by atomic mass is 9.98. The van der Waals surface area contributed by atoms with Gasteiger partial charge in [0.15, 0.2) is 0 Å². The van der Waals surface area contributed by atoms with E-state index in [0.717, 1.165) is 18.7 Å². The Morgan fingerprint density at radius 1 is 1.35 bits per heavy atom. The molecular formula is C16H23N3S. The molecule has 0 spiro atoms. The van der Waals surface area contributed by atoms with E-state index in [1.54, 1.807) is 10.4 Å². The summed E-state index contributed by atoms with van der Waals surface area (Å²) >= 11 is 1.93. The molecule has 0 amide bonds. The van der Waals surface area contributed by atoms with Crippen LogP contribution in [0.2, 0.25) is 0 Å². The van der Waals surface area contributed by atoms with Crippen molar-refractivity contribution in [2.75, 3.05) is 0 Å². The molecule has 0 radical (unpaired) electrons. The van der Waals surface area contributed by atoms with E-state index < -0.39 is 0 Å². The minimum atomic E-state index is 0.104. The maximum absolute atomic E-state index is 6.44. The van der Waals surface area contributed by atoms with Gasteiger partial charge in [-0.1, -0.05) is 0 Å². The monoisotopic (exact) mass is 289 g/mol. The molecule has 0 fully saturated rings. The quantitative estimate of drug-likeness (QED) is 0.937. The SMILES string of the molecule is CCn1nc(C)cc1CC(N)c1cc2c(s1)CCCC2.